The molecule has 1 aromatic heterocycles. The van der Waals surface area contributed by atoms with Crippen LogP contribution in [-0.4, -0.2) is 10.9 Å². The summed E-state index contributed by atoms with van der Waals surface area (Å²) in [5, 5.41) is 3.53. The molecule has 1 N–H and O–H groups in total. The van der Waals surface area contributed by atoms with E-state index in [2.05, 4.69) is 10.3 Å². The van der Waals surface area contributed by atoms with Gasteiger partial charge in [0.05, 0.1) is 16.9 Å². The van der Waals surface area contributed by atoms with Crippen LogP contribution in [0.15, 0.2) is 18.5 Å². The molecule has 19 heavy (non-hydrogen) atoms. The van der Waals surface area contributed by atoms with Gasteiger partial charge in [-0.1, -0.05) is 24.4 Å². The van der Waals surface area contributed by atoms with Crippen LogP contribution in [0.1, 0.15) is 38.5 Å². The van der Waals surface area contributed by atoms with Crippen LogP contribution in [0.3, 0.4) is 0 Å². The number of nitrogens with one attached hydrogen (secondary N) is 1. The van der Waals surface area contributed by atoms with Gasteiger partial charge in [0.15, 0.2) is 0 Å². The van der Waals surface area contributed by atoms with E-state index in [1.165, 1.54) is 38.5 Å². The third kappa shape index (κ3) is 2.62. The highest BCUT2D eigenvalue weighted by Gasteiger charge is 2.40. The summed E-state index contributed by atoms with van der Waals surface area (Å²) in [5.41, 5.74) is 0.637. The monoisotopic (exact) mass is 278 g/mol. The molecule has 1 aromatic rings. The van der Waals surface area contributed by atoms with Gasteiger partial charge in [-0.25, -0.2) is 0 Å². The molecule has 2 fully saturated rings. The minimum absolute atomic E-state index is 0.143. The first-order chi connectivity index (χ1) is 9.25. The summed E-state index contributed by atoms with van der Waals surface area (Å²) >= 11 is 6.07. The molecule has 2 aliphatic carbocycles. The molecule has 2 aliphatic rings. The molecule has 2 saturated carbocycles. The molecule has 1 heterocycles. The number of aromatic nitrogens is 1. The Hall–Kier alpha value is -1.09. The van der Waals surface area contributed by atoms with Gasteiger partial charge in [-0.3, -0.25) is 9.78 Å². The maximum Gasteiger partial charge on any atom is 0.228 e. The molecule has 0 unspecified atom stereocenters. The number of pyridine rings is 1. The summed E-state index contributed by atoms with van der Waals surface area (Å²) in [6, 6.07) is 1.71. The number of carbonyl (C=O) groups excluding carboxylic acids is 1. The number of hydrogen-bond donors (Lipinski definition) is 1. The van der Waals surface area contributed by atoms with Crippen molar-refractivity contribution in [1.82, 2.24) is 4.98 Å². The van der Waals surface area contributed by atoms with Gasteiger partial charge in [0.1, 0.15) is 0 Å². The van der Waals surface area contributed by atoms with E-state index < -0.39 is 0 Å². The SMILES string of the molecule is O=C(Nc1cnccc1Cl)C(C1CCC1)C1CCC1. The Morgan fingerprint density at radius 1 is 1.26 bits per heavy atom. The van der Waals surface area contributed by atoms with Gasteiger partial charge in [-0.05, 0) is 43.6 Å². The Morgan fingerprint density at radius 3 is 2.37 bits per heavy atom. The molecule has 0 radical (unpaired) electrons. The Bertz CT molecular complexity index is 455. The first-order valence-corrected chi connectivity index (χ1v) is 7.54. The van der Waals surface area contributed by atoms with E-state index in [9.17, 15) is 4.79 Å². The molecular weight excluding hydrogens is 260 g/mol. The number of amides is 1. The second-order valence-electron chi connectivity index (χ2n) is 5.75. The fraction of sp³-hybridized carbons (Fsp3) is 0.600. The Morgan fingerprint density at radius 2 is 1.89 bits per heavy atom. The number of rotatable bonds is 4. The van der Waals surface area contributed by atoms with Crippen molar-refractivity contribution < 1.29 is 4.79 Å². The van der Waals surface area contributed by atoms with E-state index in [4.69, 9.17) is 11.6 Å². The van der Waals surface area contributed by atoms with Crippen LogP contribution in [0.25, 0.3) is 0 Å². The summed E-state index contributed by atoms with van der Waals surface area (Å²) in [5.74, 6) is 1.49. The van der Waals surface area contributed by atoms with Crippen LogP contribution < -0.4 is 5.32 Å². The van der Waals surface area contributed by atoms with Gasteiger partial charge in [0.2, 0.25) is 5.91 Å². The molecule has 0 saturated heterocycles. The normalized spacial score (nSPS) is 19.9. The minimum Gasteiger partial charge on any atom is -0.323 e. The average molecular weight is 279 g/mol. The number of halogens is 1. The number of carbonyl (C=O) groups is 1. The molecular formula is C15H19ClN2O. The van der Waals surface area contributed by atoms with Crippen LogP contribution in [0, 0.1) is 17.8 Å². The second-order valence-corrected chi connectivity index (χ2v) is 6.16. The van der Waals surface area contributed by atoms with Crippen molar-refractivity contribution in [2.24, 2.45) is 17.8 Å². The van der Waals surface area contributed by atoms with E-state index in [1.54, 1.807) is 18.5 Å². The number of nitrogens with zero attached hydrogens (tertiary/aromatic N) is 1. The van der Waals surface area contributed by atoms with Gasteiger partial charge in [-0.2, -0.15) is 0 Å². The summed E-state index contributed by atoms with van der Waals surface area (Å²) in [7, 11) is 0. The highest BCUT2D eigenvalue weighted by atomic mass is 35.5. The lowest BCUT2D eigenvalue weighted by Gasteiger charge is -2.41. The van der Waals surface area contributed by atoms with Crippen molar-refractivity contribution in [2.75, 3.05) is 5.32 Å². The molecule has 0 bridgehead atoms. The van der Waals surface area contributed by atoms with Crippen LogP contribution >= 0.6 is 11.6 Å². The zero-order valence-electron chi connectivity index (χ0n) is 10.9. The zero-order valence-corrected chi connectivity index (χ0v) is 11.7. The zero-order chi connectivity index (χ0) is 13.2. The highest BCUT2D eigenvalue weighted by molar-refractivity contribution is 6.33. The summed E-state index contributed by atoms with van der Waals surface area (Å²) in [6.45, 7) is 0. The molecule has 1 amide bonds. The fourth-order valence-corrected chi connectivity index (χ4v) is 3.25. The predicted molar refractivity (Wildman–Crippen MR) is 76.0 cm³/mol. The van der Waals surface area contributed by atoms with Crippen LogP contribution in [-0.2, 0) is 4.79 Å². The van der Waals surface area contributed by atoms with Crippen molar-refractivity contribution >= 4 is 23.2 Å². The minimum atomic E-state index is 0.143. The smallest absolute Gasteiger partial charge is 0.228 e. The number of hydrogen-bond acceptors (Lipinski definition) is 2. The van der Waals surface area contributed by atoms with Gasteiger partial charge >= 0.3 is 0 Å². The lowest BCUT2D eigenvalue weighted by molar-refractivity contribution is -0.126. The van der Waals surface area contributed by atoms with Gasteiger partial charge in [0.25, 0.3) is 0 Å². The molecule has 102 valence electrons. The summed E-state index contributed by atoms with van der Waals surface area (Å²) in [6.07, 6.45) is 10.6. The average Bonchev–Trinajstić information content (AvgIpc) is 2.26. The third-order valence-corrected chi connectivity index (χ3v) is 4.97. The van der Waals surface area contributed by atoms with Gasteiger partial charge < -0.3 is 5.32 Å². The van der Waals surface area contributed by atoms with Crippen molar-refractivity contribution in [1.29, 1.82) is 0 Å². The lowest BCUT2D eigenvalue weighted by atomic mass is 9.64. The Kier molecular flexibility index (Phi) is 3.74. The molecule has 0 aromatic carbocycles. The van der Waals surface area contributed by atoms with Crippen LogP contribution in [0.5, 0.6) is 0 Å². The van der Waals surface area contributed by atoms with Crippen molar-refractivity contribution in [2.45, 2.75) is 38.5 Å². The summed E-state index contributed by atoms with van der Waals surface area (Å²) in [4.78, 5) is 16.6. The topological polar surface area (TPSA) is 42.0 Å². The molecule has 0 spiro atoms. The van der Waals surface area contributed by atoms with Crippen molar-refractivity contribution in [3.63, 3.8) is 0 Å². The largest absolute Gasteiger partial charge is 0.323 e. The third-order valence-electron chi connectivity index (χ3n) is 4.64. The van der Waals surface area contributed by atoms with E-state index in [1.807, 2.05) is 0 Å². The number of anilines is 1. The maximum absolute atomic E-state index is 12.5. The predicted octanol–water partition coefficient (Wildman–Crippen LogP) is 3.89. The molecule has 3 rings (SSSR count). The quantitative estimate of drug-likeness (QED) is 0.908. The first-order valence-electron chi connectivity index (χ1n) is 7.16. The van der Waals surface area contributed by atoms with E-state index in [0.29, 0.717) is 22.5 Å². The van der Waals surface area contributed by atoms with Crippen LogP contribution in [0.4, 0.5) is 5.69 Å². The standard InChI is InChI=1S/C15H19ClN2O/c16-12-7-8-17-9-13(12)18-15(19)14(10-3-1-4-10)11-5-2-6-11/h7-11,14H,1-6H2,(H,18,19). The van der Waals surface area contributed by atoms with E-state index in [-0.39, 0.29) is 11.8 Å². The van der Waals surface area contributed by atoms with E-state index in [0.717, 1.165) is 0 Å². The van der Waals surface area contributed by atoms with Gasteiger partial charge in [-0.15, -0.1) is 0 Å². The lowest BCUT2D eigenvalue weighted by Crippen LogP contribution is -2.40. The summed E-state index contributed by atoms with van der Waals surface area (Å²) < 4.78 is 0. The maximum atomic E-state index is 12.5. The Labute approximate surface area is 118 Å². The first kappa shape index (κ1) is 12.9. The Balaban J connectivity index is 1.71. The van der Waals surface area contributed by atoms with Gasteiger partial charge in [0, 0.05) is 12.1 Å². The van der Waals surface area contributed by atoms with Crippen molar-refractivity contribution in [3.8, 4) is 0 Å². The van der Waals surface area contributed by atoms with Crippen molar-refractivity contribution in [3.05, 3.63) is 23.5 Å². The molecule has 0 atom stereocenters. The van der Waals surface area contributed by atoms with E-state index >= 15 is 0 Å². The fourth-order valence-electron chi connectivity index (χ4n) is 3.10. The molecule has 4 heteroatoms. The van der Waals surface area contributed by atoms with Crippen LogP contribution in [0.2, 0.25) is 5.02 Å². The second kappa shape index (κ2) is 5.49. The highest BCUT2D eigenvalue weighted by Crippen LogP contribution is 2.45. The molecule has 3 nitrogen and oxygen atoms in total. The molecule has 0 aliphatic heterocycles.